The molecule has 5 heteroatoms. The second-order valence-corrected chi connectivity index (χ2v) is 5.02. The summed E-state index contributed by atoms with van der Waals surface area (Å²) in [6.45, 7) is 1.65. The van der Waals surface area contributed by atoms with Crippen molar-refractivity contribution in [3.8, 4) is 11.5 Å². The molecule has 0 radical (unpaired) electrons. The molecule has 2 aliphatic heterocycles. The third-order valence-corrected chi connectivity index (χ3v) is 3.66. The summed E-state index contributed by atoms with van der Waals surface area (Å²) >= 11 is 0. The fraction of sp³-hybridized carbons (Fsp3) is 0.500. The van der Waals surface area contributed by atoms with Gasteiger partial charge in [-0.1, -0.05) is 6.07 Å². The number of likely N-dealkylation sites (tertiary alicyclic amines) is 1. The lowest BCUT2D eigenvalue weighted by molar-refractivity contribution is -0.133. The number of piperidine rings is 1. The number of ether oxygens (including phenoxy) is 2. The number of rotatable bonds is 3. The summed E-state index contributed by atoms with van der Waals surface area (Å²) < 4.78 is 10.6. The maximum Gasteiger partial charge on any atom is 0.231 e. The Kier molecular flexibility index (Phi) is 3.29. The van der Waals surface area contributed by atoms with E-state index in [2.05, 4.69) is 0 Å². The van der Waals surface area contributed by atoms with Crippen LogP contribution in [0.5, 0.6) is 11.5 Å². The monoisotopic (exact) mass is 262 g/mol. The number of amides is 1. The summed E-state index contributed by atoms with van der Waals surface area (Å²) in [7, 11) is 0. The molecule has 5 nitrogen and oxygen atoms in total. The minimum absolute atomic E-state index is 0.184. The van der Waals surface area contributed by atoms with Crippen LogP contribution in [0.1, 0.15) is 30.9 Å². The van der Waals surface area contributed by atoms with Gasteiger partial charge in [-0.25, -0.2) is 0 Å². The number of hydrogen-bond acceptors (Lipinski definition) is 4. The predicted octanol–water partition coefficient (Wildman–Crippen LogP) is 1.43. The maximum absolute atomic E-state index is 11.8. The standard InChI is InChI=1S/C14H18N2O3/c15-11(8-16-6-2-1-3-14(16)17)10-4-5-12-13(7-10)19-9-18-12/h4-5,7,11H,1-3,6,8-9,15H2. The Balaban J connectivity index is 1.69. The first kappa shape index (κ1) is 12.3. The minimum atomic E-state index is -0.184. The van der Waals surface area contributed by atoms with Gasteiger partial charge in [-0.15, -0.1) is 0 Å². The van der Waals surface area contributed by atoms with Gasteiger partial charge in [-0.05, 0) is 30.5 Å². The Bertz CT molecular complexity index is 490. The van der Waals surface area contributed by atoms with Gasteiger partial charge in [0, 0.05) is 25.6 Å². The van der Waals surface area contributed by atoms with Crippen LogP contribution in [-0.4, -0.2) is 30.7 Å². The van der Waals surface area contributed by atoms with Crippen molar-refractivity contribution in [2.75, 3.05) is 19.9 Å². The molecule has 0 aliphatic carbocycles. The Morgan fingerprint density at radius 3 is 2.95 bits per heavy atom. The van der Waals surface area contributed by atoms with Gasteiger partial charge >= 0.3 is 0 Å². The zero-order chi connectivity index (χ0) is 13.2. The number of nitrogens with two attached hydrogens (primary N) is 1. The normalized spacial score (nSPS) is 19.6. The van der Waals surface area contributed by atoms with E-state index in [1.165, 1.54) is 0 Å². The molecule has 19 heavy (non-hydrogen) atoms. The predicted molar refractivity (Wildman–Crippen MR) is 69.9 cm³/mol. The highest BCUT2D eigenvalue weighted by atomic mass is 16.7. The van der Waals surface area contributed by atoms with Crippen LogP contribution in [0.3, 0.4) is 0 Å². The van der Waals surface area contributed by atoms with Crippen LogP contribution in [0.25, 0.3) is 0 Å². The van der Waals surface area contributed by atoms with E-state index in [0.717, 1.165) is 36.4 Å². The van der Waals surface area contributed by atoms with Crippen LogP contribution in [0.4, 0.5) is 0 Å². The van der Waals surface area contributed by atoms with Gasteiger partial charge < -0.3 is 20.1 Å². The molecule has 3 rings (SSSR count). The Morgan fingerprint density at radius 1 is 1.26 bits per heavy atom. The van der Waals surface area contributed by atoms with Crippen molar-refractivity contribution in [3.05, 3.63) is 23.8 Å². The van der Waals surface area contributed by atoms with E-state index in [4.69, 9.17) is 15.2 Å². The number of carbonyl (C=O) groups excluding carboxylic acids is 1. The molecule has 1 atom stereocenters. The number of benzene rings is 1. The number of carbonyl (C=O) groups is 1. The van der Waals surface area contributed by atoms with Crippen molar-refractivity contribution in [2.45, 2.75) is 25.3 Å². The molecule has 1 fully saturated rings. The first-order valence-electron chi connectivity index (χ1n) is 6.67. The Hall–Kier alpha value is -1.75. The molecule has 1 aromatic rings. The largest absolute Gasteiger partial charge is 0.454 e. The summed E-state index contributed by atoms with van der Waals surface area (Å²) in [5, 5.41) is 0. The van der Waals surface area contributed by atoms with E-state index in [0.29, 0.717) is 13.0 Å². The van der Waals surface area contributed by atoms with Crippen LogP contribution in [0.15, 0.2) is 18.2 Å². The molecule has 102 valence electrons. The molecule has 1 aromatic carbocycles. The van der Waals surface area contributed by atoms with Crippen molar-refractivity contribution in [1.82, 2.24) is 4.90 Å². The molecular formula is C14H18N2O3. The van der Waals surface area contributed by atoms with Crippen molar-refractivity contribution in [3.63, 3.8) is 0 Å². The van der Waals surface area contributed by atoms with E-state index in [9.17, 15) is 4.79 Å². The van der Waals surface area contributed by atoms with E-state index < -0.39 is 0 Å². The fourth-order valence-electron chi connectivity index (χ4n) is 2.54. The van der Waals surface area contributed by atoms with Gasteiger partial charge in [0.15, 0.2) is 11.5 Å². The van der Waals surface area contributed by atoms with Gasteiger partial charge in [0.2, 0.25) is 12.7 Å². The van der Waals surface area contributed by atoms with Crippen LogP contribution >= 0.6 is 0 Å². The Morgan fingerprint density at radius 2 is 2.11 bits per heavy atom. The van der Waals surface area contributed by atoms with Gasteiger partial charge in [0.25, 0.3) is 0 Å². The maximum atomic E-state index is 11.8. The van der Waals surface area contributed by atoms with Crippen molar-refractivity contribution in [2.24, 2.45) is 5.73 Å². The summed E-state index contributed by atoms with van der Waals surface area (Å²) in [6.07, 6.45) is 2.71. The molecular weight excluding hydrogens is 244 g/mol. The molecule has 1 unspecified atom stereocenters. The molecule has 2 aliphatic rings. The average molecular weight is 262 g/mol. The van der Waals surface area contributed by atoms with Gasteiger partial charge in [0.1, 0.15) is 0 Å². The molecule has 0 spiro atoms. The fourth-order valence-corrected chi connectivity index (χ4v) is 2.54. The van der Waals surface area contributed by atoms with Crippen molar-refractivity contribution >= 4 is 5.91 Å². The van der Waals surface area contributed by atoms with Gasteiger partial charge in [0.05, 0.1) is 0 Å². The summed E-state index contributed by atoms with van der Waals surface area (Å²) in [6, 6.07) is 5.53. The summed E-state index contributed by atoms with van der Waals surface area (Å²) in [5.74, 6) is 1.70. The highest BCUT2D eigenvalue weighted by Crippen LogP contribution is 2.34. The third kappa shape index (κ3) is 2.51. The molecule has 0 bridgehead atoms. The smallest absolute Gasteiger partial charge is 0.231 e. The van der Waals surface area contributed by atoms with Gasteiger partial charge in [-0.2, -0.15) is 0 Å². The second-order valence-electron chi connectivity index (χ2n) is 5.02. The second kappa shape index (κ2) is 5.09. The van der Waals surface area contributed by atoms with Crippen molar-refractivity contribution in [1.29, 1.82) is 0 Å². The molecule has 0 saturated carbocycles. The van der Waals surface area contributed by atoms with Crippen LogP contribution in [-0.2, 0) is 4.79 Å². The summed E-state index contributed by atoms with van der Waals surface area (Å²) in [5.41, 5.74) is 7.17. The van der Waals surface area contributed by atoms with Crippen LogP contribution < -0.4 is 15.2 Å². The highest BCUT2D eigenvalue weighted by Gasteiger charge is 2.22. The Labute approximate surface area is 112 Å². The first-order chi connectivity index (χ1) is 9.24. The van der Waals surface area contributed by atoms with E-state index in [1.54, 1.807) is 0 Å². The third-order valence-electron chi connectivity index (χ3n) is 3.66. The van der Waals surface area contributed by atoms with Crippen LogP contribution in [0, 0.1) is 0 Å². The van der Waals surface area contributed by atoms with Crippen LogP contribution in [0.2, 0.25) is 0 Å². The zero-order valence-electron chi connectivity index (χ0n) is 10.8. The average Bonchev–Trinajstić information content (AvgIpc) is 2.88. The SMILES string of the molecule is NC(CN1CCCCC1=O)c1ccc2c(c1)OCO2. The lowest BCUT2D eigenvalue weighted by Crippen LogP contribution is -2.40. The molecule has 0 aromatic heterocycles. The topological polar surface area (TPSA) is 64.8 Å². The number of nitrogens with zero attached hydrogens (tertiary/aromatic N) is 1. The first-order valence-corrected chi connectivity index (χ1v) is 6.67. The van der Waals surface area contributed by atoms with E-state index in [1.807, 2.05) is 23.1 Å². The summed E-state index contributed by atoms with van der Waals surface area (Å²) in [4.78, 5) is 13.6. The number of fused-ring (bicyclic) bond motifs is 1. The molecule has 1 amide bonds. The van der Waals surface area contributed by atoms with Crippen molar-refractivity contribution < 1.29 is 14.3 Å². The van der Waals surface area contributed by atoms with E-state index in [-0.39, 0.29) is 18.7 Å². The van der Waals surface area contributed by atoms with E-state index >= 15 is 0 Å². The highest BCUT2D eigenvalue weighted by molar-refractivity contribution is 5.76. The lowest BCUT2D eigenvalue weighted by Gasteiger charge is -2.29. The number of hydrogen-bond donors (Lipinski definition) is 1. The molecule has 2 N–H and O–H groups in total. The lowest BCUT2D eigenvalue weighted by atomic mass is 10.0. The zero-order valence-corrected chi connectivity index (χ0v) is 10.8. The molecule has 1 saturated heterocycles. The van der Waals surface area contributed by atoms with Gasteiger partial charge in [-0.3, -0.25) is 4.79 Å². The quantitative estimate of drug-likeness (QED) is 0.895. The minimum Gasteiger partial charge on any atom is -0.454 e. The molecule has 2 heterocycles.